The molecule has 3 heterocycles. The SMILES string of the molecule is Cc1cc(C(=O)N(Cc2cccnc2)CC2CCN(Cc3ccccc3C)CC2)n[nH]1. The maximum Gasteiger partial charge on any atom is 0.274 e. The van der Waals surface area contributed by atoms with Gasteiger partial charge in [-0.25, -0.2) is 0 Å². The summed E-state index contributed by atoms with van der Waals surface area (Å²) in [4.78, 5) is 21.9. The van der Waals surface area contributed by atoms with Gasteiger partial charge in [-0.2, -0.15) is 5.10 Å². The largest absolute Gasteiger partial charge is 0.333 e. The van der Waals surface area contributed by atoms with Crippen LogP contribution in [-0.4, -0.2) is 50.5 Å². The summed E-state index contributed by atoms with van der Waals surface area (Å²) in [5.74, 6) is 0.476. The number of likely N-dealkylation sites (tertiary alicyclic amines) is 1. The molecule has 31 heavy (non-hydrogen) atoms. The Labute approximate surface area is 184 Å². The molecule has 162 valence electrons. The molecule has 0 radical (unpaired) electrons. The van der Waals surface area contributed by atoms with Crippen LogP contribution in [0.1, 0.15) is 45.7 Å². The quantitative estimate of drug-likeness (QED) is 0.632. The van der Waals surface area contributed by atoms with Crippen molar-refractivity contribution in [3.05, 3.63) is 82.9 Å². The van der Waals surface area contributed by atoms with Crippen molar-refractivity contribution in [1.82, 2.24) is 25.0 Å². The van der Waals surface area contributed by atoms with Crippen molar-refractivity contribution in [1.29, 1.82) is 0 Å². The minimum absolute atomic E-state index is 0.0180. The zero-order valence-corrected chi connectivity index (χ0v) is 18.4. The number of aromatic nitrogens is 3. The molecule has 1 fully saturated rings. The summed E-state index contributed by atoms with van der Waals surface area (Å²) < 4.78 is 0. The second-order valence-electron chi connectivity index (χ2n) is 8.63. The number of benzene rings is 1. The number of pyridine rings is 1. The van der Waals surface area contributed by atoms with E-state index in [0.29, 0.717) is 18.2 Å². The molecule has 0 bridgehead atoms. The minimum atomic E-state index is -0.0180. The lowest BCUT2D eigenvalue weighted by Gasteiger charge is -2.35. The summed E-state index contributed by atoms with van der Waals surface area (Å²) in [6.07, 6.45) is 5.79. The molecule has 1 aliphatic heterocycles. The van der Waals surface area contributed by atoms with E-state index < -0.39 is 0 Å². The summed E-state index contributed by atoms with van der Waals surface area (Å²) in [5, 5.41) is 7.09. The molecule has 0 saturated carbocycles. The highest BCUT2D eigenvalue weighted by atomic mass is 16.2. The highest BCUT2D eigenvalue weighted by molar-refractivity contribution is 5.92. The van der Waals surface area contributed by atoms with Gasteiger partial charge in [0, 0.05) is 37.7 Å². The molecule has 0 unspecified atom stereocenters. The molecule has 0 spiro atoms. The van der Waals surface area contributed by atoms with E-state index in [0.717, 1.165) is 50.3 Å². The van der Waals surface area contributed by atoms with Crippen molar-refractivity contribution in [2.45, 2.75) is 39.8 Å². The fourth-order valence-corrected chi connectivity index (χ4v) is 4.29. The summed E-state index contributed by atoms with van der Waals surface area (Å²) >= 11 is 0. The van der Waals surface area contributed by atoms with E-state index in [1.54, 1.807) is 6.20 Å². The Bertz CT molecular complexity index is 992. The molecule has 1 saturated heterocycles. The van der Waals surface area contributed by atoms with E-state index in [2.05, 4.69) is 51.3 Å². The van der Waals surface area contributed by atoms with Crippen LogP contribution >= 0.6 is 0 Å². The summed E-state index contributed by atoms with van der Waals surface area (Å²) in [5.41, 5.74) is 5.18. The Morgan fingerprint density at radius 3 is 2.65 bits per heavy atom. The Hall–Kier alpha value is -2.99. The zero-order chi connectivity index (χ0) is 21.6. The molecule has 2 aromatic heterocycles. The number of aromatic amines is 1. The smallest absolute Gasteiger partial charge is 0.274 e. The lowest BCUT2D eigenvalue weighted by Crippen LogP contribution is -2.40. The van der Waals surface area contributed by atoms with Crippen molar-refractivity contribution in [3.63, 3.8) is 0 Å². The third-order valence-electron chi connectivity index (χ3n) is 6.15. The molecule has 4 rings (SSSR count). The van der Waals surface area contributed by atoms with Gasteiger partial charge in [-0.05, 0) is 74.5 Å². The number of carbonyl (C=O) groups is 1. The molecule has 1 amide bonds. The van der Waals surface area contributed by atoms with Gasteiger partial charge >= 0.3 is 0 Å². The van der Waals surface area contributed by atoms with Crippen LogP contribution in [0.4, 0.5) is 0 Å². The molecule has 0 atom stereocenters. The first-order valence-corrected chi connectivity index (χ1v) is 11.1. The van der Waals surface area contributed by atoms with Crippen LogP contribution in [0.2, 0.25) is 0 Å². The summed E-state index contributed by atoms with van der Waals surface area (Å²) in [6.45, 7) is 8.54. The first kappa shape index (κ1) is 21.2. The first-order chi connectivity index (χ1) is 15.1. The lowest BCUT2D eigenvalue weighted by molar-refractivity contribution is 0.0665. The standard InChI is InChI=1S/C25H31N5O/c1-19-6-3-4-8-23(19)18-29-12-9-21(10-13-29)16-30(17-22-7-5-11-26-15-22)25(31)24-14-20(2)27-28-24/h3-8,11,14-15,21H,9-10,12-13,16-18H2,1-2H3,(H,27,28). The van der Waals surface area contributed by atoms with E-state index in [1.807, 2.05) is 36.2 Å². The molecule has 1 aliphatic rings. The Kier molecular flexibility index (Phi) is 6.77. The molecule has 6 nitrogen and oxygen atoms in total. The van der Waals surface area contributed by atoms with Gasteiger partial charge in [0.25, 0.3) is 5.91 Å². The summed E-state index contributed by atoms with van der Waals surface area (Å²) in [6, 6.07) is 14.4. The molecule has 3 aromatic rings. The number of hydrogen-bond donors (Lipinski definition) is 1. The predicted octanol–water partition coefficient (Wildman–Crippen LogP) is 3.98. The molecular weight excluding hydrogens is 386 g/mol. The van der Waals surface area contributed by atoms with E-state index in [9.17, 15) is 4.79 Å². The molecule has 6 heteroatoms. The van der Waals surface area contributed by atoms with Crippen LogP contribution in [0.5, 0.6) is 0 Å². The van der Waals surface area contributed by atoms with Gasteiger partial charge in [0.2, 0.25) is 0 Å². The van der Waals surface area contributed by atoms with Gasteiger partial charge in [-0.3, -0.25) is 19.8 Å². The van der Waals surface area contributed by atoms with E-state index in [-0.39, 0.29) is 5.91 Å². The number of carbonyl (C=O) groups excluding carboxylic acids is 1. The van der Waals surface area contributed by atoms with Crippen molar-refractivity contribution >= 4 is 5.91 Å². The molecule has 0 aliphatic carbocycles. The normalized spacial score (nSPS) is 15.2. The highest BCUT2D eigenvalue weighted by Gasteiger charge is 2.26. The number of nitrogens with zero attached hydrogens (tertiary/aromatic N) is 4. The number of aryl methyl sites for hydroxylation is 2. The van der Waals surface area contributed by atoms with E-state index in [4.69, 9.17) is 0 Å². The van der Waals surface area contributed by atoms with Crippen molar-refractivity contribution in [2.75, 3.05) is 19.6 Å². The van der Waals surface area contributed by atoms with Crippen LogP contribution in [0, 0.1) is 19.8 Å². The minimum Gasteiger partial charge on any atom is -0.333 e. The number of amides is 1. The van der Waals surface area contributed by atoms with E-state index in [1.165, 1.54) is 11.1 Å². The van der Waals surface area contributed by atoms with Crippen LogP contribution < -0.4 is 0 Å². The van der Waals surface area contributed by atoms with Gasteiger partial charge in [-0.1, -0.05) is 30.3 Å². The molecule has 1 aromatic carbocycles. The maximum atomic E-state index is 13.2. The highest BCUT2D eigenvalue weighted by Crippen LogP contribution is 2.22. The fraction of sp³-hybridized carbons (Fsp3) is 0.400. The van der Waals surface area contributed by atoms with Crippen molar-refractivity contribution in [3.8, 4) is 0 Å². The zero-order valence-electron chi connectivity index (χ0n) is 18.4. The van der Waals surface area contributed by atoms with Crippen LogP contribution in [-0.2, 0) is 13.1 Å². The Morgan fingerprint density at radius 1 is 1.16 bits per heavy atom. The average Bonchev–Trinajstić information content (AvgIpc) is 3.23. The Balaban J connectivity index is 1.39. The van der Waals surface area contributed by atoms with Gasteiger partial charge in [0.1, 0.15) is 5.69 Å². The maximum absolute atomic E-state index is 13.2. The number of H-pyrrole nitrogens is 1. The lowest BCUT2D eigenvalue weighted by atomic mass is 9.95. The first-order valence-electron chi connectivity index (χ1n) is 11.1. The number of hydrogen-bond acceptors (Lipinski definition) is 4. The van der Waals surface area contributed by atoms with Crippen molar-refractivity contribution < 1.29 is 4.79 Å². The van der Waals surface area contributed by atoms with Crippen LogP contribution in [0.25, 0.3) is 0 Å². The van der Waals surface area contributed by atoms with Crippen LogP contribution in [0.3, 0.4) is 0 Å². The van der Waals surface area contributed by atoms with Crippen molar-refractivity contribution in [2.24, 2.45) is 5.92 Å². The van der Waals surface area contributed by atoms with Gasteiger partial charge in [0.15, 0.2) is 0 Å². The van der Waals surface area contributed by atoms with E-state index >= 15 is 0 Å². The predicted molar refractivity (Wildman–Crippen MR) is 121 cm³/mol. The molecular formula is C25H31N5O. The number of rotatable bonds is 7. The fourth-order valence-electron chi connectivity index (χ4n) is 4.29. The Morgan fingerprint density at radius 2 is 1.97 bits per heavy atom. The second-order valence-corrected chi connectivity index (χ2v) is 8.63. The third-order valence-corrected chi connectivity index (χ3v) is 6.15. The van der Waals surface area contributed by atoms with Crippen LogP contribution in [0.15, 0.2) is 54.9 Å². The molecule has 1 N–H and O–H groups in total. The third kappa shape index (κ3) is 5.58. The number of piperidine rings is 1. The topological polar surface area (TPSA) is 65.1 Å². The monoisotopic (exact) mass is 417 g/mol. The summed E-state index contributed by atoms with van der Waals surface area (Å²) in [7, 11) is 0. The number of nitrogens with one attached hydrogen (secondary N) is 1. The second kappa shape index (κ2) is 9.88. The van der Waals surface area contributed by atoms with Gasteiger partial charge < -0.3 is 4.90 Å². The average molecular weight is 418 g/mol. The van der Waals surface area contributed by atoms with Gasteiger partial charge in [-0.15, -0.1) is 0 Å². The van der Waals surface area contributed by atoms with Gasteiger partial charge in [0.05, 0.1) is 0 Å².